The maximum atomic E-state index is 12.0. The standard InChI is InChI=1S/C13H9NO4/c1-14-6-8(13(16)17)11(15)12-10(14)7-4-2-3-5-9(7)18-12/h2-6H,1H3,(H,16,17). The molecule has 0 aliphatic carbocycles. The molecular weight excluding hydrogens is 234 g/mol. The smallest absolute Gasteiger partial charge is 0.341 e. The Morgan fingerprint density at radius 1 is 1.33 bits per heavy atom. The zero-order chi connectivity index (χ0) is 12.9. The van der Waals surface area contributed by atoms with Crippen LogP contribution in [0.15, 0.2) is 39.7 Å². The minimum absolute atomic E-state index is 0.0820. The summed E-state index contributed by atoms with van der Waals surface area (Å²) in [5.74, 6) is -1.25. The number of carbonyl (C=O) groups is 1. The summed E-state index contributed by atoms with van der Waals surface area (Å²) in [6.07, 6.45) is 1.31. The Balaban J connectivity index is 2.60. The lowest BCUT2D eigenvalue weighted by atomic mass is 10.2. The van der Waals surface area contributed by atoms with Gasteiger partial charge in [0.2, 0.25) is 5.43 Å². The van der Waals surface area contributed by atoms with Gasteiger partial charge in [-0.1, -0.05) is 12.1 Å². The van der Waals surface area contributed by atoms with Gasteiger partial charge in [-0.05, 0) is 12.1 Å². The number of carboxylic acids is 1. The van der Waals surface area contributed by atoms with E-state index in [1.54, 1.807) is 23.7 Å². The Kier molecular flexibility index (Phi) is 2.04. The molecule has 2 aromatic heterocycles. The first-order chi connectivity index (χ1) is 8.59. The molecule has 0 radical (unpaired) electrons. The molecule has 0 bridgehead atoms. The van der Waals surface area contributed by atoms with Crippen LogP contribution in [0.25, 0.3) is 22.1 Å². The van der Waals surface area contributed by atoms with Crippen LogP contribution in [0.1, 0.15) is 10.4 Å². The van der Waals surface area contributed by atoms with Crippen molar-refractivity contribution in [3.8, 4) is 0 Å². The third-order valence-corrected chi connectivity index (χ3v) is 2.93. The summed E-state index contributed by atoms with van der Waals surface area (Å²) in [6.45, 7) is 0. The topological polar surface area (TPSA) is 72.4 Å². The Morgan fingerprint density at radius 3 is 2.78 bits per heavy atom. The van der Waals surface area contributed by atoms with Gasteiger partial charge < -0.3 is 14.1 Å². The van der Waals surface area contributed by atoms with Crippen molar-refractivity contribution in [1.82, 2.24) is 4.57 Å². The van der Waals surface area contributed by atoms with Gasteiger partial charge in [0.1, 0.15) is 11.1 Å². The highest BCUT2D eigenvalue weighted by Crippen LogP contribution is 2.26. The number of hydrogen-bond donors (Lipinski definition) is 1. The average Bonchev–Trinajstić information content (AvgIpc) is 2.73. The van der Waals surface area contributed by atoms with Crippen LogP contribution in [0.3, 0.4) is 0 Å². The fourth-order valence-electron chi connectivity index (χ4n) is 2.13. The molecule has 0 unspecified atom stereocenters. The van der Waals surface area contributed by atoms with Crippen molar-refractivity contribution >= 4 is 28.0 Å². The molecule has 1 aromatic carbocycles. The summed E-state index contributed by atoms with van der Waals surface area (Å²) in [4.78, 5) is 23.0. The van der Waals surface area contributed by atoms with Gasteiger partial charge in [-0.2, -0.15) is 0 Å². The maximum absolute atomic E-state index is 12.0. The van der Waals surface area contributed by atoms with Crippen LogP contribution >= 0.6 is 0 Å². The molecular formula is C13H9NO4. The summed E-state index contributed by atoms with van der Waals surface area (Å²) in [5.41, 5.74) is 0.387. The van der Waals surface area contributed by atoms with E-state index in [1.807, 2.05) is 12.1 Å². The molecule has 2 heterocycles. The first-order valence-corrected chi connectivity index (χ1v) is 5.34. The second-order valence-corrected chi connectivity index (χ2v) is 4.06. The summed E-state index contributed by atoms with van der Waals surface area (Å²) in [6, 6.07) is 7.22. The molecule has 0 saturated carbocycles. The first-order valence-electron chi connectivity index (χ1n) is 5.34. The number of aryl methyl sites for hydroxylation is 1. The van der Waals surface area contributed by atoms with Crippen LogP contribution in [-0.2, 0) is 7.05 Å². The predicted octanol–water partition coefficient (Wildman–Crippen LogP) is 1.98. The van der Waals surface area contributed by atoms with Gasteiger partial charge in [-0.25, -0.2) is 4.79 Å². The molecule has 5 heteroatoms. The van der Waals surface area contributed by atoms with Crippen LogP contribution in [0.5, 0.6) is 0 Å². The van der Waals surface area contributed by atoms with Gasteiger partial charge >= 0.3 is 5.97 Å². The van der Waals surface area contributed by atoms with E-state index >= 15 is 0 Å². The number of rotatable bonds is 1. The fraction of sp³-hybridized carbons (Fsp3) is 0.0769. The number of nitrogens with zero attached hydrogens (tertiary/aromatic N) is 1. The van der Waals surface area contributed by atoms with Gasteiger partial charge in [0.25, 0.3) is 0 Å². The average molecular weight is 243 g/mol. The van der Waals surface area contributed by atoms with E-state index in [0.717, 1.165) is 5.39 Å². The van der Waals surface area contributed by atoms with Crippen molar-refractivity contribution in [2.45, 2.75) is 0 Å². The summed E-state index contributed by atoms with van der Waals surface area (Å²) < 4.78 is 7.06. The minimum Gasteiger partial charge on any atom is -0.477 e. The van der Waals surface area contributed by atoms with Crippen molar-refractivity contribution < 1.29 is 14.3 Å². The maximum Gasteiger partial charge on any atom is 0.341 e. The van der Waals surface area contributed by atoms with Crippen LogP contribution in [-0.4, -0.2) is 15.6 Å². The molecule has 3 rings (SSSR count). The number of furan rings is 1. The number of pyridine rings is 1. The van der Waals surface area contributed by atoms with E-state index < -0.39 is 11.4 Å². The number of aromatic nitrogens is 1. The predicted molar refractivity (Wildman–Crippen MR) is 65.9 cm³/mol. The lowest BCUT2D eigenvalue weighted by molar-refractivity contribution is 0.0694. The van der Waals surface area contributed by atoms with E-state index in [0.29, 0.717) is 11.1 Å². The summed E-state index contributed by atoms with van der Waals surface area (Å²) in [7, 11) is 1.69. The van der Waals surface area contributed by atoms with Crippen molar-refractivity contribution in [1.29, 1.82) is 0 Å². The monoisotopic (exact) mass is 243 g/mol. The van der Waals surface area contributed by atoms with E-state index in [4.69, 9.17) is 9.52 Å². The van der Waals surface area contributed by atoms with Crippen LogP contribution in [0.2, 0.25) is 0 Å². The highest BCUT2D eigenvalue weighted by atomic mass is 16.4. The molecule has 1 N–H and O–H groups in total. The molecule has 18 heavy (non-hydrogen) atoms. The molecule has 0 fully saturated rings. The molecule has 0 atom stereocenters. The molecule has 0 aliphatic rings. The lowest BCUT2D eigenvalue weighted by Crippen LogP contribution is -2.16. The van der Waals surface area contributed by atoms with E-state index in [-0.39, 0.29) is 11.1 Å². The first kappa shape index (κ1) is 10.6. The van der Waals surface area contributed by atoms with E-state index in [1.165, 1.54) is 6.20 Å². The minimum atomic E-state index is -1.25. The third-order valence-electron chi connectivity index (χ3n) is 2.93. The molecule has 0 spiro atoms. The van der Waals surface area contributed by atoms with Gasteiger partial charge in [0, 0.05) is 18.6 Å². The highest BCUT2D eigenvalue weighted by molar-refractivity contribution is 6.04. The number of fused-ring (bicyclic) bond motifs is 3. The number of para-hydroxylation sites is 1. The third kappa shape index (κ3) is 1.27. The Morgan fingerprint density at radius 2 is 2.06 bits per heavy atom. The SMILES string of the molecule is Cn1cc(C(=O)O)c(=O)c2oc3ccccc3c21. The fourth-order valence-corrected chi connectivity index (χ4v) is 2.13. The van der Waals surface area contributed by atoms with Gasteiger partial charge in [0.05, 0.1) is 5.52 Å². The van der Waals surface area contributed by atoms with Gasteiger partial charge in [0.15, 0.2) is 5.58 Å². The number of hydrogen-bond acceptors (Lipinski definition) is 3. The van der Waals surface area contributed by atoms with Crippen LogP contribution < -0.4 is 5.43 Å². The second kappa shape index (κ2) is 3.46. The summed E-state index contributed by atoms with van der Waals surface area (Å²) in [5, 5.41) is 9.76. The van der Waals surface area contributed by atoms with Crippen molar-refractivity contribution in [3.05, 3.63) is 46.2 Å². The van der Waals surface area contributed by atoms with Gasteiger partial charge in [-0.15, -0.1) is 0 Å². The molecule has 90 valence electrons. The van der Waals surface area contributed by atoms with E-state index in [2.05, 4.69) is 0 Å². The van der Waals surface area contributed by atoms with E-state index in [9.17, 15) is 9.59 Å². The molecule has 0 aliphatic heterocycles. The van der Waals surface area contributed by atoms with Crippen molar-refractivity contribution in [3.63, 3.8) is 0 Å². The van der Waals surface area contributed by atoms with Crippen LogP contribution in [0, 0.1) is 0 Å². The number of carboxylic acid groups (broad SMARTS) is 1. The second-order valence-electron chi connectivity index (χ2n) is 4.06. The Labute approximate surface area is 101 Å². The Hall–Kier alpha value is -2.56. The number of benzene rings is 1. The normalized spacial score (nSPS) is 11.2. The largest absolute Gasteiger partial charge is 0.477 e. The number of aromatic carboxylic acids is 1. The molecule has 3 aromatic rings. The van der Waals surface area contributed by atoms with Gasteiger partial charge in [-0.3, -0.25) is 4.79 Å². The van der Waals surface area contributed by atoms with Crippen molar-refractivity contribution in [2.24, 2.45) is 7.05 Å². The van der Waals surface area contributed by atoms with Crippen molar-refractivity contribution in [2.75, 3.05) is 0 Å². The molecule has 0 saturated heterocycles. The lowest BCUT2D eigenvalue weighted by Gasteiger charge is -2.02. The Bertz CT molecular complexity index is 841. The highest BCUT2D eigenvalue weighted by Gasteiger charge is 2.18. The zero-order valence-corrected chi connectivity index (χ0v) is 9.51. The molecule has 0 amide bonds. The molecule has 5 nitrogen and oxygen atoms in total. The quantitative estimate of drug-likeness (QED) is 0.709. The zero-order valence-electron chi connectivity index (χ0n) is 9.51. The summed E-state index contributed by atoms with van der Waals surface area (Å²) >= 11 is 0. The van der Waals surface area contributed by atoms with Crippen LogP contribution in [0.4, 0.5) is 0 Å².